The molecule has 19 heavy (non-hydrogen) atoms. The van der Waals surface area contributed by atoms with Crippen LogP contribution in [0.1, 0.15) is 33.1 Å². The maximum atomic E-state index is 12.2. The number of benzene rings is 1. The monoisotopic (exact) mass is 298 g/mol. The Hall–Kier alpha value is -1.05. The van der Waals surface area contributed by atoms with Crippen LogP contribution in [0.5, 0.6) is 0 Å². The van der Waals surface area contributed by atoms with Crippen LogP contribution >= 0.6 is 11.6 Å². The van der Waals surface area contributed by atoms with E-state index in [2.05, 4.69) is 6.07 Å². The molecule has 0 saturated carbocycles. The number of nitrogens with zero attached hydrogens (tertiary/aromatic N) is 1. The highest BCUT2D eigenvalue weighted by Crippen LogP contribution is 2.27. The molecule has 1 aromatic rings. The Morgan fingerprint density at radius 1 is 1.42 bits per heavy atom. The summed E-state index contributed by atoms with van der Waals surface area (Å²) in [6, 6.07) is 7.41. The molecule has 0 amide bonds. The van der Waals surface area contributed by atoms with E-state index < -0.39 is 10.8 Å². The van der Waals surface area contributed by atoms with Gasteiger partial charge in [-0.1, -0.05) is 24.1 Å². The first-order chi connectivity index (χ1) is 8.87. The fraction of sp³-hybridized carbons (Fsp3) is 0.500. The Morgan fingerprint density at radius 3 is 2.68 bits per heavy atom. The number of nitrogen functional groups attached to an aromatic ring is 1. The van der Waals surface area contributed by atoms with Gasteiger partial charge in [-0.15, -0.1) is 0 Å². The first kappa shape index (κ1) is 16.0. The highest BCUT2D eigenvalue weighted by Gasteiger charge is 2.17. The Balaban J connectivity index is 2.51. The fourth-order valence-electron chi connectivity index (χ4n) is 1.72. The van der Waals surface area contributed by atoms with E-state index in [1.54, 1.807) is 18.2 Å². The molecule has 3 nitrogen and oxygen atoms in total. The smallest absolute Gasteiger partial charge is 0.0803 e. The molecular weight excluding hydrogens is 280 g/mol. The van der Waals surface area contributed by atoms with Crippen molar-refractivity contribution in [2.45, 2.75) is 38.0 Å². The van der Waals surface area contributed by atoms with E-state index in [1.165, 1.54) is 0 Å². The van der Waals surface area contributed by atoms with Crippen molar-refractivity contribution in [3.05, 3.63) is 23.2 Å². The zero-order chi connectivity index (χ0) is 14.5. The number of hydrogen-bond donors (Lipinski definition) is 1. The summed E-state index contributed by atoms with van der Waals surface area (Å²) in [5, 5.41) is 9.36. The standard InChI is InChI=1S/C14H19ClN2OS/c1-14(2,10-16)8-3-4-9-19(18)13-11(15)6-5-7-12(13)17/h5-7H,3-4,8-9,17H2,1-2H3. The molecule has 0 spiro atoms. The molecule has 1 atom stereocenters. The van der Waals surface area contributed by atoms with Gasteiger partial charge >= 0.3 is 0 Å². The molecule has 0 aliphatic rings. The van der Waals surface area contributed by atoms with Gasteiger partial charge in [0.25, 0.3) is 0 Å². The first-order valence-corrected chi connectivity index (χ1v) is 7.91. The van der Waals surface area contributed by atoms with Gasteiger partial charge in [0.1, 0.15) is 0 Å². The average Bonchev–Trinajstić information content (AvgIpc) is 2.34. The second-order valence-electron chi connectivity index (χ2n) is 5.16. The van der Waals surface area contributed by atoms with Crippen LogP contribution in [0, 0.1) is 16.7 Å². The highest BCUT2D eigenvalue weighted by molar-refractivity contribution is 7.85. The van der Waals surface area contributed by atoms with E-state index in [9.17, 15) is 4.21 Å². The Morgan fingerprint density at radius 2 is 2.11 bits per heavy atom. The van der Waals surface area contributed by atoms with Gasteiger partial charge in [-0.3, -0.25) is 4.21 Å². The molecule has 104 valence electrons. The van der Waals surface area contributed by atoms with E-state index in [1.807, 2.05) is 13.8 Å². The molecule has 1 unspecified atom stereocenters. The quantitative estimate of drug-likeness (QED) is 0.642. The number of rotatable bonds is 6. The number of halogens is 1. The highest BCUT2D eigenvalue weighted by atomic mass is 35.5. The van der Waals surface area contributed by atoms with E-state index in [0.29, 0.717) is 21.4 Å². The lowest BCUT2D eigenvalue weighted by Crippen LogP contribution is -2.09. The zero-order valence-corrected chi connectivity index (χ0v) is 12.9. The van der Waals surface area contributed by atoms with Crippen LogP contribution in [0.15, 0.2) is 23.1 Å². The summed E-state index contributed by atoms with van der Waals surface area (Å²) in [7, 11) is -1.18. The van der Waals surface area contributed by atoms with Crippen LogP contribution in [0.3, 0.4) is 0 Å². The minimum atomic E-state index is -1.18. The number of hydrogen-bond acceptors (Lipinski definition) is 3. The number of nitrogens with two attached hydrogens (primary N) is 1. The minimum absolute atomic E-state index is 0.315. The van der Waals surface area contributed by atoms with Gasteiger partial charge in [-0.25, -0.2) is 0 Å². The lowest BCUT2D eigenvalue weighted by Gasteiger charge is -2.14. The van der Waals surface area contributed by atoms with Gasteiger partial charge in [0, 0.05) is 11.4 Å². The summed E-state index contributed by atoms with van der Waals surface area (Å²) >= 11 is 6.02. The van der Waals surface area contributed by atoms with Gasteiger partial charge in [-0.2, -0.15) is 5.26 Å². The molecule has 0 aliphatic heterocycles. The third-order valence-electron chi connectivity index (χ3n) is 2.91. The van der Waals surface area contributed by atoms with Crippen molar-refractivity contribution in [1.29, 1.82) is 5.26 Å². The Labute approximate surface area is 122 Å². The summed E-state index contributed by atoms with van der Waals surface area (Å²) in [6.07, 6.45) is 2.47. The van der Waals surface area contributed by atoms with Gasteiger partial charge in [0.15, 0.2) is 0 Å². The van der Waals surface area contributed by atoms with Crippen molar-refractivity contribution in [3.63, 3.8) is 0 Å². The van der Waals surface area contributed by atoms with Crippen LogP contribution in [-0.2, 0) is 10.8 Å². The van der Waals surface area contributed by atoms with Crippen LogP contribution in [0.25, 0.3) is 0 Å². The Bertz CT molecular complexity index is 488. The van der Waals surface area contributed by atoms with Crippen molar-refractivity contribution in [3.8, 4) is 6.07 Å². The largest absolute Gasteiger partial charge is 0.398 e. The molecular formula is C14H19ClN2OS. The predicted molar refractivity (Wildman–Crippen MR) is 80.4 cm³/mol. The molecule has 1 rings (SSSR count). The van der Waals surface area contributed by atoms with E-state index in [4.69, 9.17) is 22.6 Å². The second-order valence-corrected chi connectivity index (χ2v) is 7.08. The van der Waals surface area contributed by atoms with Crippen LogP contribution in [0.4, 0.5) is 5.69 Å². The van der Waals surface area contributed by atoms with Crippen molar-refractivity contribution in [2.75, 3.05) is 11.5 Å². The summed E-state index contributed by atoms with van der Waals surface area (Å²) in [4.78, 5) is 0.531. The van der Waals surface area contributed by atoms with Crippen LogP contribution < -0.4 is 5.73 Å². The third-order valence-corrected chi connectivity index (χ3v) is 4.91. The second kappa shape index (κ2) is 6.93. The molecule has 0 aliphatic carbocycles. The lowest BCUT2D eigenvalue weighted by molar-refractivity contribution is 0.432. The molecule has 0 saturated heterocycles. The zero-order valence-electron chi connectivity index (χ0n) is 11.3. The molecule has 0 heterocycles. The molecule has 0 radical (unpaired) electrons. The number of unbranched alkanes of at least 4 members (excludes halogenated alkanes) is 1. The fourth-order valence-corrected chi connectivity index (χ4v) is 3.45. The SMILES string of the molecule is CC(C)(C#N)CCCCS(=O)c1c(N)cccc1Cl. The first-order valence-electron chi connectivity index (χ1n) is 6.21. The third kappa shape index (κ3) is 4.85. The maximum absolute atomic E-state index is 12.2. The molecule has 0 fully saturated rings. The van der Waals surface area contributed by atoms with Crippen molar-refractivity contribution in [2.24, 2.45) is 5.41 Å². The van der Waals surface area contributed by atoms with Gasteiger partial charge in [0.05, 0.1) is 32.2 Å². The van der Waals surface area contributed by atoms with E-state index >= 15 is 0 Å². The van der Waals surface area contributed by atoms with Gasteiger partial charge in [-0.05, 0) is 38.8 Å². The minimum Gasteiger partial charge on any atom is -0.398 e. The molecule has 2 N–H and O–H groups in total. The van der Waals surface area contributed by atoms with Crippen LogP contribution in [-0.4, -0.2) is 9.96 Å². The summed E-state index contributed by atoms with van der Waals surface area (Å²) in [5.41, 5.74) is 5.96. The van der Waals surface area contributed by atoms with Gasteiger partial charge in [0.2, 0.25) is 0 Å². The maximum Gasteiger partial charge on any atom is 0.0803 e. The molecule has 0 bridgehead atoms. The van der Waals surface area contributed by atoms with Crippen molar-refractivity contribution < 1.29 is 4.21 Å². The van der Waals surface area contributed by atoms with E-state index in [-0.39, 0.29) is 5.41 Å². The predicted octanol–water partition coefficient (Wildman–Crippen LogP) is 3.75. The average molecular weight is 299 g/mol. The van der Waals surface area contributed by atoms with E-state index in [0.717, 1.165) is 19.3 Å². The Kier molecular flexibility index (Phi) is 5.84. The summed E-state index contributed by atoms with van der Waals surface area (Å²) < 4.78 is 12.2. The molecule has 1 aromatic carbocycles. The summed E-state index contributed by atoms with van der Waals surface area (Å²) in [5.74, 6) is 0.523. The normalized spacial score (nSPS) is 12.9. The molecule has 5 heteroatoms. The number of anilines is 1. The van der Waals surface area contributed by atoms with Crippen molar-refractivity contribution >= 4 is 28.1 Å². The van der Waals surface area contributed by atoms with Crippen LogP contribution in [0.2, 0.25) is 5.02 Å². The lowest BCUT2D eigenvalue weighted by atomic mass is 9.89. The van der Waals surface area contributed by atoms with Crippen molar-refractivity contribution in [1.82, 2.24) is 0 Å². The van der Waals surface area contributed by atoms with Gasteiger partial charge < -0.3 is 5.73 Å². The summed E-state index contributed by atoms with van der Waals surface area (Å²) in [6.45, 7) is 3.83. The molecule has 0 aromatic heterocycles. The number of nitriles is 1. The topological polar surface area (TPSA) is 66.9 Å².